The van der Waals surface area contributed by atoms with Crippen molar-refractivity contribution in [1.82, 2.24) is 14.7 Å². The lowest BCUT2D eigenvalue weighted by Gasteiger charge is -2.16. The molecule has 6 nitrogen and oxygen atoms in total. The minimum atomic E-state index is -0.0333. The Hall–Kier alpha value is -2.63. The maximum Gasteiger partial charge on any atom is 0.253 e. The number of oxime groups is 1. The van der Waals surface area contributed by atoms with Gasteiger partial charge >= 0.3 is 0 Å². The number of nitrogens with zero attached hydrogens (tertiary/aromatic N) is 4. The summed E-state index contributed by atoms with van der Waals surface area (Å²) in [6, 6.07) is 7.21. The molecule has 2 rings (SSSR count). The summed E-state index contributed by atoms with van der Waals surface area (Å²) >= 11 is 0. The molecule has 1 heterocycles. The number of benzene rings is 1. The maximum atomic E-state index is 12.3. The van der Waals surface area contributed by atoms with Gasteiger partial charge in [-0.15, -0.1) is 0 Å². The van der Waals surface area contributed by atoms with Crippen molar-refractivity contribution < 1.29 is 9.63 Å². The second-order valence-corrected chi connectivity index (χ2v) is 4.72. The summed E-state index contributed by atoms with van der Waals surface area (Å²) < 4.78 is 1.72. The number of amides is 1. The lowest BCUT2D eigenvalue weighted by Crippen LogP contribution is -2.26. The standard InChI is InChI=1S/C15H18N4O2/c1-18(10-13-8-16-19(2)11-13)15(20)14-6-4-12(5-7-14)9-17-21-3/h4-9,11H,10H2,1-3H3/b17-9+. The molecule has 0 unspecified atom stereocenters. The first kappa shape index (κ1) is 14.8. The molecule has 6 heteroatoms. The Morgan fingerprint density at radius 1 is 1.43 bits per heavy atom. The van der Waals surface area contributed by atoms with Gasteiger partial charge in [0, 0.05) is 38.0 Å². The van der Waals surface area contributed by atoms with E-state index in [1.54, 1.807) is 41.2 Å². The first-order valence-corrected chi connectivity index (χ1v) is 6.49. The zero-order valence-corrected chi connectivity index (χ0v) is 12.4. The zero-order chi connectivity index (χ0) is 15.2. The molecule has 0 fully saturated rings. The van der Waals surface area contributed by atoms with E-state index in [2.05, 4.69) is 15.1 Å². The Morgan fingerprint density at radius 2 is 2.14 bits per heavy atom. The first-order valence-electron chi connectivity index (χ1n) is 6.49. The van der Waals surface area contributed by atoms with Crippen molar-refractivity contribution in [3.63, 3.8) is 0 Å². The van der Waals surface area contributed by atoms with Crippen LogP contribution in [0.3, 0.4) is 0 Å². The van der Waals surface area contributed by atoms with Crippen LogP contribution in [0.15, 0.2) is 41.8 Å². The first-order chi connectivity index (χ1) is 10.1. The molecule has 2 aromatic rings. The van der Waals surface area contributed by atoms with E-state index in [4.69, 9.17) is 0 Å². The van der Waals surface area contributed by atoms with Crippen LogP contribution in [0, 0.1) is 0 Å². The minimum Gasteiger partial charge on any atom is -0.399 e. The van der Waals surface area contributed by atoms with Crippen LogP contribution in [0.2, 0.25) is 0 Å². The third-order valence-corrected chi connectivity index (χ3v) is 2.99. The predicted molar refractivity (Wildman–Crippen MR) is 80.1 cm³/mol. The lowest BCUT2D eigenvalue weighted by molar-refractivity contribution is 0.0785. The second kappa shape index (κ2) is 6.69. The van der Waals surface area contributed by atoms with E-state index in [1.165, 1.54) is 7.11 Å². The van der Waals surface area contributed by atoms with Gasteiger partial charge in [-0.2, -0.15) is 5.10 Å². The quantitative estimate of drug-likeness (QED) is 0.620. The Morgan fingerprint density at radius 3 is 2.71 bits per heavy atom. The zero-order valence-electron chi connectivity index (χ0n) is 12.4. The van der Waals surface area contributed by atoms with Gasteiger partial charge in [0.1, 0.15) is 7.11 Å². The van der Waals surface area contributed by atoms with Crippen LogP contribution < -0.4 is 0 Å². The average molecular weight is 286 g/mol. The minimum absolute atomic E-state index is 0.0333. The fourth-order valence-corrected chi connectivity index (χ4v) is 1.94. The summed E-state index contributed by atoms with van der Waals surface area (Å²) in [5.74, 6) is -0.0333. The summed E-state index contributed by atoms with van der Waals surface area (Å²) in [5, 5.41) is 7.77. The van der Waals surface area contributed by atoms with Crippen molar-refractivity contribution in [1.29, 1.82) is 0 Å². The van der Waals surface area contributed by atoms with E-state index >= 15 is 0 Å². The molecule has 1 aromatic heterocycles. The smallest absolute Gasteiger partial charge is 0.253 e. The molecule has 0 atom stereocenters. The average Bonchev–Trinajstić information content (AvgIpc) is 2.90. The normalized spacial score (nSPS) is 10.8. The topological polar surface area (TPSA) is 59.7 Å². The van der Waals surface area contributed by atoms with E-state index in [0.717, 1.165) is 11.1 Å². The van der Waals surface area contributed by atoms with Crippen LogP contribution in [0.1, 0.15) is 21.5 Å². The van der Waals surface area contributed by atoms with Crippen LogP contribution in [-0.4, -0.2) is 41.0 Å². The van der Waals surface area contributed by atoms with E-state index in [-0.39, 0.29) is 5.91 Å². The molecular weight excluding hydrogens is 268 g/mol. The number of carbonyl (C=O) groups is 1. The fourth-order valence-electron chi connectivity index (χ4n) is 1.94. The molecule has 1 aromatic carbocycles. The maximum absolute atomic E-state index is 12.3. The number of aryl methyl sites for hydroxylation is 1. The van der Waals surface area contributed by atoms with Crippen LogP contribution >= 0.6 is 0 Å². The van der Waals surface area contributed by atoms with Gasteiger partial charge in [-0.25, -0.2) is 0 Å². The van der Waals surface area contributed by atoms with Gasteiger partial charge in [-0.3, -0.25) is 9.48 Å². The van der Waals surface area contributed by atoms with E-state index in [9.17, 15) is 4.79 Å². The van der Waals surface area contributed by atoms with Gasteiger partial charge in [-0.05, 0) is 17.7 Å². The molecule has 1 amide bonds. The molecule has 0 spiro atoms. The number of hydrogen-bond acceptors (Lipinski definition) is 4. The summed E-state index contributed by atoms with van der Waals surface area (Å²) in [6.45, 7) is 0.527. The van der Waals surface area contributed by atoms with Gasteiger partial charge in [0.2, 0.25) is 0 Å². The van der Waals surface area contributed by atoms with Gasteiger partial charge in [0.05, 0.1) is 12.4 Å². The van der Waals surface area contributed by atoms with Crippen LogP contribution in [0.4, 0.5) is 0 Å². The van der Waals surface area contributed by atoms with Crippen molar-refractivity contribution in [2.75, 3.05) is 14.2 Å². The van der Waals surface area contributed by atoms with E-state index in [1.807, 2.05) is 25.4 Å². The molecular formula is C15H18N4O2. The van der Waals surface area contributed by atoms with Crippen molar-refractivity contribution in [2.24, 2.45) is 12.2 Å². The van der Waals surface area contributed by atoms with Crippen molar-refractivity contribution >= 4 is 12.1 Å². The highest BCUT2D eigenvalue weighted by molar-refractivity contribution is 5.94. The highest BCUT2D eigenvalue weighted by Gasteiger charge is 2.12. The van der Waals surface area contributed by atoms with Gasteiger partial charge in [0.15, 0.2) is 0 Å². The largest absolute Gasteiger partial charge is 0.399 e. The highest BCUT2D eigenvalue weighted by Crippen LogP contribution is 2.09. The van der Waals surface area contributed by atoms with Crippen molar-refractivity contribution in [2.45, 2.75) is 6.54 Å². The third-order valence-electron chi connectivity index (χ3n) is 2.99. The summed E-state index contributed by atoms with van der Waals surface area (Å²) in [7, 11) is 5.11. The summed E-state index contributed by atoms with van der Waals surface area (Å²) in [5.41, 5.74) is 2.51. The van der Waals surface area contributed by atoms with Crippen LogP contribution in [0.5, 0.6) is 0 Å². The summed E-state index contributed by atoms with van der Waals surface area (Å²) in [6.07, 6.45) is 5.25. The van der Waals surface area contributed by atoms with Gasteiger partial charge in [0.25, 0.3) is 5.91 Å². The summed E-state index contributed by atoms with van der Waals surface area (Å²) in [4.78, 5) is 18.6. The molecule has 21 heavy (non-hydrogen) atoms. The fraction of sp³-hybridized carbons (Fsp3) is 0.267. The molecule has 0 aliphatic heterocycles. The van der Waals surface area contributed by atoms with Crippen molar-refractivity contribution in [3.8, 4) is 0 Å². The molecule has 110 valence electrons. The van der Waals surface area contributed by atoms with Crippen molar-refractivity contribution in [3.05, 3.63) is 53.3 Å². The molecule has 0 bridgehead atoms. The number of hydrogen-bond donors (Lipinski definition) is 0. The van der Waals surface area contributed by atoms with Crippen LogP contribution in [0.25, 0.3) is 0 Å². The Labute approximate surface area is 123 Å². The number of aromatic nitrogens is 2. The van der Waals surface area contributed by atoms with Crippen LogP contribution in [-0.2, 0) is 18.4 Å². The second-order valence-electron chi connectivity index (χ2n) is 4.72. The van der Waals surface area contributed by atoms with E-state index in [0.29, 0.717) is 12.1 Å². The Kier molecular flexibility index (Phi) is 4.71. The predicted octanol–water partition coefficient (Wildman–Crippen LogP) is 1.67. The molecule has 0 aliphatic rings. The van der Waals surface area contributed by atoms with Gasteiger partial charge < -0.3 is 9.74 Å². The number of carbonyl (C=O) groups excluding carboxylic acids is 1. The SMILES string of the molecule is CO/N=C/c1ccc(C(=O)N(C)Cc2cnn(C)c2)cc1. The Balaban J connectivity index is 2.03. The monoisotopic (exact) mass is 286 g/mol. The molecule has 0 radical (unpaired) electrons. The van der Waals surface area contributed by atoms with Gasteiger partial charge in [-0.1, -0.05) is 17.3 Å². The highest BCUT2D eigenvalue weighted by atomic mass is 16.6. The molecule has 0 N–H and O–H groups in total. The molecule has 0 saturated heterocycles. The third kappa shape index (κ3) is 3.92. The Bertz CT molecular complexity index is 631. The lowest BCUT2D eigenvalue weighted by atomic mass is 10.1. The van der Waals surface area contributed by atoms with E-state index < -0.39 is 0 Å². The number of rotatable bonds is 5. The molecule has 0 aliphatic carbocycles. The molecule has 0 saturated carbocycles.